The van der Waals surface area contributed by atoms with Gasteiger partial charge < -0.3 is 10.1 Å². The van der Waals surface area contributed by atoms with E-state index in [9.17, 15) is 0 Å². The van der Waals surface area contributed by atoms with Gasteiger partial charge in [0, 0.05) is 13.1 Å². The van der Waals surface area contributed by atoms with E-state index < -0.39 is 0 Å². The number of morpholine rings is 1. The Labute approximate surface area is 132 Å². The van der Waals surface area contributed by atoms with E-state index in [0.717, 1.165) is 25.9 Å². The maximum absolute atomic E-state index is 6.84. The van der Waals surface area contributed by atoms with Gasteiger partial charge in [0.1, 0.15) is 0 Å². The van der Waals surface area contributed by atoms with Crippen molar-refractivity contribution in [2.75, 3.05) is 13.1 Å². The summed E-state index contributed by atoms with van der Waals surface area (Å²) >= 11 is 0. The Balaban J connectivity index is 2.00. The minimum atomic E-state index is 0.0926. The highest BCUT2D eigenvalue weighted by atomic mass is 16.5. The minimum absolute atomic E-state index is 0.0926. The number of hydrogen-bond acceptors (Lipinski definition) is 2. The van der Waals surface area contributed by atoms with Crippen LogP contribution in [0.4, 0.5) is 0 Å². The molecule has 1 aliphatic heterocycles. The molecule has 1 saturated heterocycles. The first-order valence-corrected chi connectivity index (χ1v) is 9.65. The lowest BCUT2D eigenvalue weighted by Gasteiger charge is -2.49. The summed E-state index contributed by atoms with van der Waals surface area (Å²) in [5.74, 6) is 0. The molecule has 0 aromatic rings. The minimum Gasteiger partial charge on any atom is -0.366 e. The second-order valence-corrected chi connectivity index (χ2v) is 7.46. The van der Waals surface area contributed by atoms with Gasteiger partial charge >= 0.3 is 0 Å². The van der Waals surface area contributed by atoms with Crippen LogP contribution in [-0.4, -0.2) is 24.3 Å². The first kappa shape index (κ1) is 17.3. The van der Waals surface area contributed by atoms with Crippen LogP contribution in [0.1, 0.15) is 97.3 Å². The largest absolute Gasteiger partial charge is 0.366 e. The van der Waals surface area contributed by atoms with Crippen molar-refractivity contribution in [3.63, 3.8) is 0 Å². The van der Waals surface area contributed by atoms with Gasteiger partial charge in [-0.2, -0.15) is 0 Å². The van der Waals surface area contributed by atoms with Crippen molar-refractivity contribution in [2.45, 2.75) is 109 Å². The van der Waals surface area contributed by atoms with Crippen molar-refractivity contribution >= 4 is 0 Å². The van der Waals surface area contributed by atoms with Crippen LogP contribution in [0, 0.1) is 0 Å². The van der Waals surface area contributed by atoms with E-state index in [1.54, 1.807) is 0 Å². The fraction of sp³-hybridized carbons (Fsp3) is 1.00. The molecule has 21 heavy (non-hydrogen) atoms. The van der Waals surface area contributed by atoms with Gasteiger partial charge in [0.15, 0.2) is 0 Å². The van der Waals surface area contributed by atoms with E-state index >= 15 is 0 Å². The van der Waals surface area contributed by atoms with Gasteiger partial charge in [0.25, 0.3) is 0 Å². The number of hydrogen-bond donors (Lipinski definition) is 1. The molecular formula is C19H37NO. The van der Waals surface area contributed by atoms with Crippen LogP contribution in [0.25, 0.3) is 0 Å². The predicted molar refractivity (Wildman–Crippen MR) is 90.8 cm³/mol. The molecule has 2 heteroatoms. The van der Waals surface area contributed by atoms with Crippen molar-refractivity contribution in [2.24, 2.45) is 0 Å². The van der Waals surface area contributed by atoms with Gasteiger partial charge in [0.05, 0.1) is 11.2 Å². The number of nitrogens with one attached hydrogen (secondary N) is 1. The molecule has 124 valence electrons. The molecule has 2 aliphatic rings. The summed E-state index contributed by atoms with van der Waals surface area (Å²) in [7, 11) is 0. The lowest BCUT2D eigenvalue weighted by Crippen LogP contribution is -2.60. The molecule has 0 unspecified atom stereocenters. The molecule has 1 saturated carbocycles. The topological polar surface area (TPSA) is 21.3 Å². The summed E-state index contributed by atoms with van der Waals surface area (Å²) < 4.78 is 6.84. The molecule has 1 heterocycles. The molecule has 0 aromatic heterocycles. The Hall–Kier alpha value is -0.0800. The van der Waals surface area contributed by atoms with Crippen LogP contribution < -0.4 is 5.32 Å². The third-order valence-electron chi connectivity index (χ3n) is 5.88. The molecule has 1 aliphatic carbocycles. The van der Waals surface area contributed by atoms with Crippen LogP contribution in [0.3, 0.4) is 0 Å². The van der Waals surface area contributed by atoms with Crippen molar-refractivity contribution in [1.29, 1.82) is 0 Å². The summed E-state index contributed by atoms with van der Waals surface area (Å²) in [6.45, 7) is 6.70. The summed E-state index contributed by atoms with van der Waals surface area (Å²) in [5, 5.41) is 3.73. The smallest absolute Gasteiger partial charge is 0.0814 e. The average Bonchev–Trinajstić information content (AvgIpc) is 2.51. The Morgan fingerprint density at radius 3 is 1.67 bits per heavy atom. The molecule has 0 radical (unpaired) electrons. The summed E-state index contributed by atoms with van der Waals surface area (Å²) in [6, 6.07) is 0. The lowest BCUT2D eigenvalue weighted by atomic mass is 9.84. The van der Waals surface area contributed by atoms with Crippen LogP contribution in [0.15, 0.2) is 0 Å². The highest BCUT2D eigenvalue weighted by Gasteiger charge is 2.43. The summed E-state index contributed by atoms with van der Waals surface area (Å²) in [4.78, 5) is 0. The Morgan fingerprint density at radius 1 is 0.714 bits per heavy atom. The van der Waals surface area contributed by atoms with Crippen molar-refractivity contribution in [1.82, 2.24) is 5.32 Å². The molecule has 2 rings (SSSR count). The van der Waals surface area contributed by atoms with Gasteiger partial charge in [-0.15, -0.1) is 0 Å². The van der Waals surface area contributed by atoms with E-state index in [1.165, 1.54) is 70.6 Å². The van der Waals surface area contributed by atoms with E-state index in [1.807, 2.05) is 0 Å². The van der Waals surface area contributed by atoms with E-state index in [-0.39, 0.29) is 11.2 Å². The predicted octanol–water partition coefficient (Wildman–Crippen LogP) is 5.21. The third kappa shape index (κ3) is 4.96. The van der Waals surface area contributed by atoms with Gasteiger partial charge in [-0.1, -0.05) is 71.6 Å². The standard InChI is InChI=1S/C19H37NO/c1-3-18(4-2)16-20-17-19(21-18)14-12-10-8-6-5-7-9-11-13-15-19/h20H,3-17H2,1-2H3. The number of ether oxygens (including phenoxy) is 1. The first-order valence-electron chi connectivity index (χ1n) is 9.65. The van der Waals surface area contributed by atoms with Crippen LogP contribution >= 0.6 is 0 Å². The maximum Gasteiger partial charge on any atom is 0.0814 e. The van der Waals surface area contributed by atoms with Gasteiger partial charge in [0.2, 0.25) is 0 Å². The fourth-order valence-electron chi connectivity index (χ4n) is 4.23. The monoisotopic (exact) mass is 295 g/mol. The average molecular weight is 296 g/mol. The molecular weight excluding hydrogens is 258 g/mol. The first-order chi connectivity index (χ1) is 10.2. The van der Waals surface area contributed by atoms with E-state index in [0.29, 0.717) is 0 Å². The maximum atomic E-state index is 6.84. The summed E-state index contributed by atoms with van der Waals surface area (Å²) in [5.41, 5.74) is 0.221. The highest BCUT2D eigenvalue weighted by Crippen LogP contribution is 2.37. The molecule has 0 amide bonds. The molecule has 2 nitrogen and oxygen atoms in total. The molecule has 0 atom stereocenters. The van der Waals surface area contributed by atoms with Crippen molar-refractivity contribution in [3.8, 4) is 0 Å². The second kappa shape index (κ2) is 8.53. The van der Waals surface area contributed by atoms with Gasteiger partial charge in [-0.05, 0) is 25.7 Å². The van der Waals surface area contributed by atoms with Crippen molar-refractivity contribution in [3.05, 3.63) is 0 Å². The number of rotatable bonds is 2. The molecule has 2 fully saturated rings. The van der Waals surface area contributed by atoms with E-state index in [4.69, 9.17) is 4.74 Å². The lowest BCUT2D eigenvalue weighted by molar-refractivity contribution is -0.189. The third-order valence-corrected chi connectivity index (χ3v) is 5.88. The summed E-state index contributed by atoms with van der Waals surface area (Å²) in [6.07, 6.45) is 17.5. The Bertz CT molecular complexity index is 273. The van der Waals surface area contributed by atoms with Gasteiger partial charge in [-0.25, -0.2) is 0 Å². The molecule has 0 aromatic carbocycles. The Morgan fingerprint density at radius 2 is 1.19 bits per heavy atom. The van der Waals surface area contributed by atoms with Crippen LogP contribution in [0.2, 0.25) is 0 Å². The van der Waals surface area contributed by atoms with Crippen molar-refractivity contribution < 1.29 is 4.74 Å². The zero-order valence-corrected chi connectivity index (χ0v) is 14.5. The normalized spacial score (nSPS) is 27.7. The SMILES string of the molecule is CCC1(CC)CNCC2(CCCCCCCCCCC2)O1. The zero-order valence-electron chi connectivity index (χ0n) is 14.5. The molecule has 1 spiro atoms. The Kier molecular flexibility index (Phi) is 7.01. The van der Waals surface area contributed by atoms with Crippen LogP contribution in [0.5, 0.6) is 0 Å². The second-order valence-electron chi connectivity index (χ2n) is 7.46. The highest BCUT2D eigenvalue weighted by molar-refractivity contribution is 4.95. The quantitative estimate of drug-likeness (QED) is 0.755. The fourth-order valence-corrected chi connectivity index (χ4v) is 4.23. The molecule has 1 N–H and O–H groups in total. The van der Waals surface area contributed by atoms with E-state index in [2.05, 4.69) is 19.2 Å². The van der Waals surface area contributed by atoms with Crippen LogP contribution in [-0.2, 0) is 4.74 Å². The zero-order chi connectivity index (χ0) is 15.0. The molecule has 0 bridgehead atoms. The van der Waals surface area contributed by atoms with Gasteiger partial charge in [-0.3, -0.25) is 0 Å².